The summed E-state index contributed by atoms with van der Waals surface area (Å²) in [7, 11) is 1.30. The Morgan fingerprint density at radius 2 is 1.51 bits per heavy atom. The van der Waals surface area contributed by atoms with E-state index in [0.29, 0.717) is 12.0 Å². The fraction of sp³-hybridized carbons (Fsp3) is 0.194. The third-order valence-electron chi connectivity index (χ3n) is 6.18. The molecule has 0 spiro atoms. The van der Waals surface area contributed by atoms with Crippen LogP contribution < -0.4 is 5.32 Å². The molecule has 1 heterocycles. The van der Waals surface area contributed by atoms with Crippen molar-refractivity contribution < 1.29 is 19.1 Å². The van der Waals surface area contributed by atoms with Crippen LogP contribution in [0, 0.1) is 5.92 Å². The summed E-state index contributed by atoms with van der Waals surface area (Å²) in [5, 5.41) is 2.78. The number of nitrogens with zero attached hydrogens (tertiary/aromatic N) is 2. The first-order valence-corrected chi connectivity index (χ1v) is 13.5. The number of aromatic nitrogens is 2. The number of methoxy groups -OCH3 is 1. The largest absolute Gasteiger partial charge is 0.467 e. The normalized spacial score (nSPS) is 12.2. The predicted molar refractivity (Wildman–Crippen MR) is 152 cm³/mol. The van der Waals surface area contributed by atoms with Gasteiger partial charge in [0, 0.05) is 35.7 Å². The van der Waals surface area contributed by atoms with Gasteiger partial charge in [-0.2, -0.15) is 0 Å². The molecule has 0 saturated heterocycles. The smallest absolute Gasteiger partial charge is 0.328 e. The Labute approximate surface area is 232 Å². The lowest BCUT2D eigenvalue weighted by molar-refractivity contribution is -0.145. The van der Waals surface area contributed by atoms with Crippen molar-refractivity contribution in [3.05, 3.63) is 120 Å². The Balaban J connectivity index is 1.47. The number of nitrogens with one attached hydrogen (secondary N) is 1. The van der Waals surface area contributed by atoms with Crippen molar-refractivity contribution in [2.45, 2.75) is 18.9 Å². The van der Waals surface area contributed by atoms with Crippen LogP contribution in [0.15, 0.2) is 104 Å². The molecule has 4 aromatic rings. The molecule has 0 radical (unpaired) electrons. The first-order chi connectivity index (χ1) is 19.0. The molecule has 7 nitrogen and oxygen atoms in total. The van der Waals surface area contributed by atoms with E-state index in [1.54, 1.807) is 30.7 Å². The molecule has 0 fully saturated rings. The number of benzene rings is 3. The molecule has 8 heteroatoms. The lowest BCUT2D eigenvalue weighted by atomic mass is 9.98. The molecule has 4 rings (SSSR count). The zero-order chi connectivity index (χ0) is 27.5. The maximum absolute atomic E-state index is 13.5. The van der Waals surface area contributed by atoms with Crippen LogP contribution in [-0.2, 0) is 27.2 Å². The molecule has 39 heavy (non-hydrogen) atoms. The quantitative estimate of drug-likeness (QED) is 0.274. The second-order valence-corrected chi connectivity index (χ2v) is 9.92. The van der Waals surface area contributed by atoms with Crippen LogP contribution >= 0.6 is 11.8 Å². The molecule has 0 aliphatic carbocycles. The average Bonchev–Trinajstić information content (AvgIpc) is 3.00. The van der Waals surface area contributed by atoms with Gasteiger partial charge in [0.2, 0.25) is 11.0 Å². The Hall–Kier alpha value is -4.30. The van der Waals surface area contributed by atoms with Crippen LogP contribution in [0.2, 0.25) is 0 Å². The van der Waals surface area contributed by atoms with Crippen molar-refractivity contribution in [1.82, 2.24) is 15.3 Å². The van der Waals surface area contributed by atoms with Crippen LogP contribution in [0.3, 0.4) is 0 Å². The summed E-state index contributed by atoms with van der Waals surface area (Å²) < 4.78 is 5.00. The summed E-state index contributed by atoms with van der Waals surface area (Å²) in [6, 6.07) is 25.3. The molecule has 0 unspecified atom stereocenters. The molecule has 3 aromatic carbocycles. The second kappa shape index (κ2) is 14.0. The lowest BCUT2D eigenvalue weighted by Gasteiger charge is -2.21. The Morgan fingerprint density at radius 1 is 0.846 bits per heavy atom. The van der Waals surface area contributed by atoms with Gasteiger partial charge in [0.15, 0.2) is 0 Å². The molecule has 1 aromatic heterocycles. The molecule has 0 aliphatic rings. The minimum atomic E-state index is -0.877. The number of thioether (sulfide) groups is 1. The molecule has 0 saturated carbocycles. The predicted octanol–water partition coefficient (Wildman–Crippen LogP) is 4.78. The van der Waals surface area contributed by atoms with E-state index in [-0.39, 0.29) is 23.2 Å². The van der Waals surface area contributed by atoms with Crippen molar-refractivity contribution in [3.63, 3.8) is 0 Å². The second-order valence-electron chi connectivity index (χ2n) is 8.93. The van der Waals surface area contributed by atoms with E-state index in [4.69, 9.17) is 4.74 Å². The summed E-state index contributed by atoms with van der Waals surface area (Å²) in [4.78, 5) is 47.3. The van der Waals surface area contributed by atoms with Crippen LogP contribution in [0.5, 0.6) is 0 Å². The lowest BCUT2D eigenvalue weighted by Crippen LogP contribution is -2.46. The van der Waals surface area contributed by atoms with Crippen LogP contribution in [0.25, 0.3) is 11.3 Å². The van der Waals surface area contributed by atoms with Gasteiger partial charge >= 0.3 is 5.97 Å². The maximum atomic E-state index is 13.5. The Bertz CT molecular complexity index is 1370. The van der Waals surface area contributed by atoms with Gasteiger partial charge in [0.25, 0.3) is 0 Å². The Kier molecular flexibility index (Phi) is 9.97. The SMILES string of the molecule is COC(=O)[C@H](Cc1ccc(-c2cnccn2)cc1)NC(=O)[C@@H](CSC(=O)c1ccccc1)Cc1ccccc1. The van der Waals surface area contributed by atoms with Crippen LogP contribution in [0.1, 0.15) is 21.5 Å². The molecule has 0 aliphatic heterocycles. The van der Waals surface area contributed by atoms with E-state index >= 15 is 0 Å². The third-order valence-corrected chi connectivity index (χ3v) is 7.24. The standard InChI is InChI=1S/C31H29N3O4S/c1-38-30(36)27(19-23-12-14-24(15-13-23)28-20-32-16-17-33-28)34-29(35)26(18-22-8-4-2-5-9-22)21-39-31(37)25-10-6-3-7-11-25/h2-17,20,26-27H,18-19,21H2,1H3,(H,34,35)/t26-,27+/m1/s1. The molecule has 198 valence electrons. The summed E-state index contributed by atoms with van der Waals surface area (Å²) in [6.07, 6.45) is 5.61. The number of ether oxygens (including phenoxy) is 1. The van der Waals surface area contributed by atoms with Gasteiger partial charge in [-0.05, 0) is 17.5 Å². The molecule has 1 N–H and O–H groups in total. The molecule has 0 bridgehead atoms. The van der Waals surface area contributed by atoms with Crippen molar-refractivity contribution in [2.75, 3.05) is 12.9 Å². The van der Waals surface area contributed by atoms with Gasteiger partial charge in [-0.3, -0.25) is 19.6 Å². The minimum Gasteiger partial charge on any atom is -0.467 e. The van der Waals surface area contributed by atoms with Gasteiger partial charge in [0.05, 0.1) is 24.9 Å². The van der Waals surface area contributed by atoms with Gasteiger partial charge < -0.3 is 10.1 Å². The number of carbonyl (C=O) groups excluding carboxylic acids is 3. The maximum Gasteiger partial charge on any atom is 0.328 e. The highest BCUT2D eigenvalue weighted by Crippen LogP contribution is 2.21. The summed E-state index contributed by atoms with van der Waals surface area (Å²) in [5.41, 5.74) is 4.05. The summed E-state index contributed by atoms with van der Waals surface area (Å²) >= 11 is 1.10. The third kappa shape index (κ3) is 8.09. The first kappa shape index (κ1) is 27.7. The van der Waals surface area contributed by atoms with Crippen molar-refractivity contribution in [1.29, 1.82) is 0 Å². The van der Waals surface area contributed by atoms with Gasteiger partial charge in [-0.15, -0.1) is 0 Å². The number of hydrogen-bond acceptors (Lipinski definition) is 7. The van der Waals surface area contributed by atoms with Crippen LogP contribution in [-0.4, -0.2) is 45.9 Å². The van der Waals surface area contributed by atoms with Gasteiger partial charge in [-0.1, -0.05) is 96.7 Å². The zero-order valence-electron chi connectivity index (χ0n) is 21.5. The monoisotopic (exact) mass is 539 g/mol. The summed E-state index contributed by atoms with van der Waals surface area (Å²) in [5.74, 6) is -1.10. The average molecular weight is 540 g/mol. The highest BCUT2D eigenvalue weighted by atomic mass is 32.2. The number of esters is 1. The van der Waals surface area contributed by atoms with E-state index in [1.165, 1.54) is 7.11 Å². The molecule has 1 amide bonds. The fourth-order valence-corrected chi connectivity index (χ4v) is 5.00. The summed E-state index contributed by atoms with van der Waals surface area (Å²) in [6.45, 7) is 0. The number of hydrogen-bond donors (Lipinski definition) is 1. The highest BCUT2D eigenvalue weighted by molar-refractivity contribution is 8.14. The van der Waals surface area contributed by atoms with Crippen molar-refractivity contribution in [3.8, 4) is 11.3 Å². The molecular weight excluding hydrogens is 510 g/mol. The number of rotatable bonds is 11. The van der Waals surface area contributed by atoms with Gasteiger partial charge in [0.1, 0.15) is 6.04 Å². The van der Waals surface area contributed by atoms with E-state index in [2.05, 4.69) is 15.3 Å². The van der Waals surface area contributed by atoms with E-state index in [0.717, 1.165) is 34.1 Å². The fourth-order valence-electron chi connectivity index (χ4n) is 4.08. The highest BCUT2D eigenvalue weighted by Gasteiger charge is 2.27. The number of amides is 1. The van der Waals surface area contributed by atoms with Crippen molar-refractivity contribution in [2.24, 2.45) is 5.92 Å². The van der Waals surface area contributed by atoms with E-state index < -0.39 is 17.9 Å². The minimum absolute atomic E-state index is 0.103. The van der Waals surface area contributed by atoms with Crippen molar-refractivity contribution >= 4 is 28.8 Å². The zero-order valence-corrected chi connectivity index (χ0v) is 22.3. The first-order valence-electron chi connectivity index (χ1n) is 12.5. The number of carbonyl (C=O) groups is 3. The van der Waals surface area contributed by atoms with Gasteiger partial charge in [-0.25, -0.2) is 4.79 Å². The molecular formula is C31H29N3O4S. The van der Waals surface area contributed by atoms with Crippen LogP contribution in [0.4, 0.5) is 0 Å². The van der Waals surface area contributed by atoms with E-state index in [9.17, 15) is 14.4 Å². The topological polar surface area (TPSA) is 98.2 Å². The molecule has 2 atom stereocenters. The Morgan fingerprint density at radius 3 is 2.15 bits per heavy atom. The van der Waals surface area contributed by atoms with E-state index in [1.807, 2.05) is 72.8 Å².